The highest BCUT2D eigenvalue weighted by Gasteiger charge is 2.25. The maximum atomic E-state index is 12.2. The molecule has 0 aromatic heterocycles. The molecule has 1 aliphatic heterocycles. The summed E-state index contributed by atoms with van der Waals surface area (Å²) in [7, 11) is 1.91. The van der Waals surface area contributed by atoms with Gasteiger partial charge < -0.3 is 10.2 Å². The summed E-state index contributed by atoms with van der Waals surface area (Å²) in [5, 5.41) is 3.31. The van der Waals surface area contributed by atoms with Gasteiger partial charge in [0.25, 0.3) is 5.91 Å². The molecule has 1 amide bonds. The Balaban J connectivity index is 1.76. The van der Waals surface area contributed by atoms with Gasteiger partial charge in [0.1, 0.15) is 0 Å². The topological polar surface area (TPSA) is 32.3 Å². The number of nitrogens with zero attached hydrogens (tertiary/aromatic N) is 1. The molecule has 3 heteroatoms. The van der Waals surface area contributed by atoms with Gasteiger partial charge in [-0.05, 0) is 48.9 Å². The molecule has 1 aliphatic carbocycles. The highest BCUT2D eigenvalue weighted by molar-refractivity contribution is 5.95. The van der Waals surface area contributed by atoms with Crippen molar-refractivity contribution in [2.75, 3.05) is 25.5 Å². The lowest BCUT2D eigenvalue weighted by Gasteiger charge is -2.17. The van der Waals surface area contributed by atoms with E-state index in [1.165, 1.54) is 24.1 Å². The van der Waals surface area contributed by atoms with E-state index < -0.39 is 0 Å². The number of anilines is 1. The van der Waals surface area contributed by atoms with Crippen molar-refractivity contribution in [3.8, 4) is 0 Å². The number of hydrogen-bond acceptors (Lipinski definition) is 2. The van der Waals surface area contributed by atoms with Crippen molar-refractivity contribution in [2.24, 2.45) is 5.92 Å². The summed E-state index contributed by atoms with van der Waals surface area (Å²) in [6.07, 6.45) is 3.60. The van der Waals surface area contributed by atoms with Crippen LogP contribution in [0, 0.1) is 5.92 Å². The van der Waals surface area contributed by atoms with Gasteiger partial charge in [-0.25, -0.2) is 0 Å². The fourth-order valence-electron chi connectivity index (χ4n) is 2.43. The molecular formula is C14H18N2O. The van der Waals surface area contributed by atoms with Crippen LogP contribution in [0.2, 0.25) is 0 Å². The molecule has 1 aromatic carbocycles. The lowest BCUT2D eigenvalue weighted by molar-refractivity contribution is 0.0788. The molecule has 0 unspecified atom stereocenters. The van der Waals surface area contributed by atoms with Crippen molar-refractivity contribution >= 4 is 11.6 Å². The number of fused-ring (bicyclic) bond motifs is 1. The highest BCUT2D eigenvalue weighted by atomic mass is 16.2. The number of carbonyl (C=O) groups excluding carboxylic acids is 1. The van der Waals surface area contributed by atoms with Gasteiger partial charge in [-0.2, -0.15) is 0 Å². The summed E-state index contributed by atoms with van der Waals surface area (Å²) in [6, 6.07) is 6.00. The molecule has 0 spiro atoms. The van der Waals surface area contributed by atoms with Gasteiger partial charge in [0.15, 0.2) is 0 Å². The molecule has 0 radical (unpaired) electrons. The second kappa shape index (κ2) is 4.06. The van der Waals surface area contributed by atoms with Crippen LogP contribution in [0.3, 0.4) is 0 Å². The first kappa shape index (κ1) is 10.6. The predicted molar refractivity (Wildman–Crippen MR) is 68.3 cm³/mol. The van der Waals surface area contributed by atoms with Crippen molar-refractivity contribution in [1.29, 1.82) is 0 Å². The third kappa shape index (κ3) is 2.14. The lowest BCUT2D eigenvalue weighted by Crippen LogP contribution is -2.28. The highest BCUT2D eigenvalue weighted by Crippen LogP contribution is 2.30. The third-order valence-corrected chi connectivity index (χ3v) is 3.64. The van der Waals surface area contributed by atoms with E-state index in [1.54, 1.807) is 0 Å². The van der Waals surface area contributed by atoms with Gasteiger partial charge in [0.2, 0.25) is 0 Å². The minimum absolute atomic E-state index is 0.159. The summed E-state index contributed by atoms with van der Waals surface area (Å²) in [4.78, 5) is 14.1. The second-order valence-corrected chi connectivity index (χ2v) is 5.18. The Bertz CT molecular complexity index is 452. The van der Waals surface area contributed by atoms with Crippen molar-refractivity contribution in [1.82, 2.24) is 4.90 Å². The molecule has 1 heterocycles. The number of benzene rings is 1. The quantitative estimate of drug-likeness (QED) is 0.862. The van der Waals surface area contributed by atoms with Crippen molar-refractivity contribution in [3.05, 3.63) is 29.3 Å². The SMILES string of the molecule is CN(CC1CC1)C(=O)c1ccc2c(c1)CCN2. The molecule has 0 bridgehead atoms. The minimum Gasteiger partial charge on any atom is -0.384 e. The Morgan fingerprint density at radius 2 is 2.29 bits per heavy atom. The van der Waals surface area contributed by atoms with Gasteiger partial charge in [0, 0.05) is 31.4 Å². The van der Waals surface area contributed by atoms with Crippen LogP contribution in [0.1, 0.15) is 28.8 Å². The first-order valence-electron chi connectivity index (χ1n) is 6.36. The number of amides is 1. The summed E-state index contributed by atoms with van der Waals surface area (Å²) in [5.74, 6) is 0.909. The minimum atomic E-state index is 0.159. The average molecular weight is 230 g/mol. The van der Waals surface area contributed by atoms with Gasteiger partial charge in [-0.1, -0.05) is 0 Å². The van der Waals surface area contributed by atoms with Crippen LogP contribution >= 0.6 is 0 Å². The Labute approximate surface area is 102 Å². The van der Waals surface area contributed by atoms with E-state index in [-0.39, 0.29) is 5.91 Å². The van der Waals surface area contributed by atoms with E-state index in [0.29, 0.717) is 0 Å². The molecule has 17 heavy (non-hydrogen) atoms. The van der Waals surface area contributed by atoms with Gasteiger partial charge in [0.05, 0.1) is 0 Å². The normalized spacial score (nSPS) is 17.5. The fraction of sp³-hybridized carbons (Fsp3) is 0.500. The first-order chi connectivity index (χ1) is 8.24. The zero-order valence-electron chi connectivity index (χ0n) is 10.2. The summed E-state index contributed by atoms with van der Waals surface area (Å²) >= 11 is 0. The summed E-state index contributed by atoms with van der Waals surface area (Å²) < 4.78 is 0. The van der Waals surface area contributed by atoms with Crippen molar-refractivity contribution < 1.29 is 4.79 Å². The smallest absolute Gasteiger partial charge is 0.253 e. The molecular weight excluding hydrogens is 212 g/mol. The van der Waals surface area contributed by atoms with E-state index in [1.807, 2.05) is 30.1 Å². The molecule has 1 N–H and O–H groups in total. The maximum absolute atomic E-state index is 12.2. The average Bonchev–Trinajstić information content (AvgIpc) is 3.02. The van der Waals surface area contributed by atoms with Gasteiger partial charge >= 0.3 is 0 Å². The van der Waals surface area contributed by atoms with Crippen LogP contribution < -0.4 is 5.32 Å². The number of hydrogen-bond donors (Lipinski definition) is 1. The van der Waals surface area contributed by atoms with E-state index in [0.717, 1.165) is 31.0 Å². The van der Waals surface area contributed by atoms with Gasteiger partial charge in [-0.3, -0.25) is 4.79 Å². The Hall–Kier alpha value is -1.51. The molecule has 90 valence electrons. The standard InChI is InChI=1S/C14H18N2O/c1-16(9-10-2-3-10)14(17)12-4-5-13-11(8-12)6-7-15-13/h4-5,8,10,15H,2-3,6-7,9H2,1H3. The predicted octanol–water partition coefficient (Wildman–Crippen LogP) is 2.14. The Kier molecular flexibility index (Phi) is 2.54. The van der Waals surface area contributed by atoms with Crippen molar-refractivity contribution in [3.63, 3.8) is 0 Å². The lowest BCUT2D eigenvalue weighted by atomic mass is 10.1. The second-order valence-electron chi connectivity index (χ2n) is 5.18. The van der Waals surface area contributed by atoms with E-state index >= 15 is 0 Å². The molecule has 3 rings (SSSR count). The number of nitrogens with one attached hydrogen (secondary N) is 1. The Morgan fingerprint density at radius 3 is 3.06 bits per heavy atom. The molecule has 1 aromatic rings. The number of rotatable bonds is 3. The maximum Gasteiger partial charge on any atom is 0.253 e. The zero-order chi connectivity index (χ0) is 11.8. The van der Waals surface area contributed by atoms with Crippen LogP contribution in [0.25, 0.3) is 0 Å². The molecule has 0 atom stereocenters. The first-order valence-corrected chi connectivity index (χ1v) is 6.36. The summed E-state index contributed by atoms with van der Waals surface area (Å²) in [5.41, 5.74) is 3.29. The number of carbonyl (C=O) groups is 1. The van der Waals surface area contributed by atoms with Crippen LogP contribution in [0.5, 0.6) is 0 Å². The van der Waals surface area contributed by atoms with Crippen LogP contribution in [-0.2, 0) is 6.42 Å². The van der Waals surface area contributed by atoms with Crippen molar-refractivity contribution in [2.45, 2.75) is 19.3 Å². The van der Waals surface area contributed by atoms with Crippen LogP contribution in [-0.4, -0.2) is 30.9 Å². The molecule has 1 fully saturated rings. The van der Waals surface area contributed by atoms with Crippen LogP contribution in [0.15, 0.2) is 18.2 Å². The monoisotopic (exact) mass is 230 g/mol. The van der Waals surface area contributed by atoms with E-state index in [2.05, 4.69) is 5.32 Å². The molecule has 0 saturated heterocycles. The fourth-order valence-corrected chi connectivity index (χ4v) is 2.43. The third-order valence-electron chi connectivity index (χ3n) is 3.64. The van der Waals surface area contributed by atoms with Gasteiger partial charge in [-0.15, -0.1) is 0 Å². The zero-order valence-corrected chi connectivity index (χ0v) is 10.2. The molecule has 2 aliphatic rings. The largest absolute Gasteiger partial charge is 0.384 e. The van der Waals surface area contributed by atoms with Crippen LogP contribution in [0.4, 0.5) is 5.69 Å². The Morgan fingerprint density at radius 1 is 1.47 bits per heavy atom. The van der Waals surface area contributed by atoms with E-state index in [9.17, 15) is 4.79 Å². The molecule has 1 saturated carbocycles. The summed E-state index contributed by atoms with van der Waals surface area (Å²) in [6.45, 7) is 1.90. The van der Waals surface area contributed by atoms with E-state index in [4.69, 9.17) is 0 Å². The molecule has 3 nitrogen and oxygen atoms in total.